The Labute approximate surface area is 122 Å². The second-order valence-corrected chi connectivity index (χ2v) is 6.11. The number of thiazole rings is 1. The zero-order chi connectivity index (χ0) is 13.9. The molecule has 108 valence electrons. The van der Waals surface area contributed by atoms with E-state index in [1.807, 2.05) is 0 Å². The molecule has 2 aromatic rings. The average molecular weight is 292 g/mol. The Kier molecular flexibility index (Phi) is 3.98. The maximum atomic E-state index is 4.72. The average Bonchev–Trinajstić information content (AvgIpc) is 3.05. The summed E-state index contributed by atoms with van der Waals surface area (Å²) in [6, 6.07) is 0. The van der Waals surface area contributed by atoms with Crippen LogP contribution in [0.4, 0.5) is 5.13 Å². The van der Waals surface area contributed by atoms with Gasteiger partial charge < -0.3 is 14.8 Å². The summed E-state index contributed by atoms with van der Waals surface area (Å²) in [5, 5.41) is 12.7. The van der Waals surface area contributed by atoms with Gasteiger partial charge >= 0.3 is 0 Å². The molecule has 0 bridgehead atoms. The van der Waals surface area contributed by atoms with Crippen LogP contribution in [0.1, 0.15) is 29.7 Å². The minimum Gasteiger partial charge on any atom is -0.339 e. The second-order valence-electron chi connectivity index (χ2n) is 5.04. The van der Waals surface area contributed by atoms with E-state index in [1.54, 1.807) is 17.7 Å². The number of hydrogen-bond acceptors (Lipinski definition) is 6. The molecule has 0 saturated heterocycles. The van der Waals surface area contributed by atoms with E-state index in [9.17, 15) is 0 Å². The van der Waals surface area contributed by atoms with Gasteiger partial charge in [-0.25, -0.2) is 4.98 Å². The van der Waals surface area contributed by atoms with Crippen LogP contribution in [0.15, 0.2) is 6.33 Å². The van der Waals surface area contributed by atoms with Crippen LogP contribution in [-0.4, -0.2) is 32.8 Å². The molecular weight excluding hydrogens is 272 g/mol. The minimum absolute atomic E-state index is 0.800. The Bertz CT molecular complexity index is 575. The van der Waals surface area contributed by atoms with Crippen molar-refractivity contribution in [3.05, 3.63) is 22.7 Å². The first-order valence-electron chi connectivity index (χ1n) is 7.06. The zero-order valence-electron chi connectivity index (χ0n) is 12.0. The van der Waals surface area contributed by atoms with E-state index in [1.165, 1.54) is 4.88 Å². The Hall–Kier alpha value is -1.47. The van der Waals surface area contributed by atoms with Crippen LogP contribution in [0.3, 0.4) is 0 Å². The summed E-state index contributed by atoms with van der Waals surface area (Å²) in [4.78, 5) is 8.35. The molecule has 0 atom stereocenters. The largest absolute Gasteiger partial charge is 0.339 e. The molecule has 3 heterocycles. The number of hydrogen-bond donors (Lipinski definition) is 1. The lowest BCUT2D eigenvalue weighted by molar-refractivity contribution is 0.559. The third kappa shape index (κ3) is 2.69. The Morgan fingerprint density at radius 3 is 3.15 bits per heavy atom. The smallest absolute Gasteiger partial charge is 0.186 e. The first-order valence-corrected chi connectivity index (χ1v) is 7.88. The van der Waals surface area contributed by atoms with Crippen molar-refractivity contribution in [2.75, 3.05) is 18.0 Å². The molecule has 0 aromatic carbocycles. The summed E-state index contributed by atoms with van der Waals surface area (Å²) in [5.74, 6) is 1.02. The fraction of sp³-hybridized carbons (Fsp3) is 0.615. The van der Waals surface area contributed by atoms with Gasteiger partial charge in [0.1, 0.15) is 6.33 Å². The van der Waals surface area contributed by atoms with Crippen molar-refractivity contribution < 1.29 is 0 Å². The molecular formula is C13H20N6S. The number of aryl methyl sites for hydroxylation is 1. The van der Waals surface area contributed by atoms with Crippen molar-refractivity contribution in [1.29, 1.82) is 0 Å². The molecule has 20 heavy (non-hydrogen) atoms. The summed E-state index contributed by atoms with van der Waals surface area (Å²) in [5.41, 5.74) is 1.14. The molecule has 0 aliphatic carbocycles. The molecule has 1 aliphatic heterocycles. The van der Waals surface area contributed by atoms with Crippen molar-refractivity contribution >= 4 is 16.5 Å². The van der Waals surface area contributed by atoms with Crippen molar-refractivity contribution in [3.8, 4) is 0 Å². The monoisotopic (exact) mass is 292 g/mol. The molecule has 6 nitrogen and oxygen atoms in total. The standard InChI is InChI=1S/C13H20N6S/c1-3-4-14-7-11-10(2)16-13(20-11)18-5-6-19-9-15-17-12(19)8-18/h9,14H,3-8H2,1-2H3. The minimum atomic E-state index is 0.800. The van der Waals surface area contributed by atoms with Gasteiger partial charge in [-0.1, -0.05) is 6.92 Å². The van der Waals surface area contributed by atoms with Crippen LogP contribution >= 0.6 is 11.3 Å². The molecule has 3 rings (SSSR count). The van der Waals surface area contributed by atoms with Gasteiger partial charge in [-0.15, -0.1) is 21.5 Å². The van der Waals surface area contributed by atoms with Gasteiger partial charge in [0.25, 0.3) is 0 Å². The Morgan fingerprint density at radius 2 is 2.30 bits per heavy atom. The molecule has 7 heteroatoms. The van der Waals surface area contributed by atoms with Crippen LogP contribution < -0.4 is 10.2 Å². The quantitative estimate of drug-likeness (QED) is 0.848. The first kappa shape index (κ1) is 13.5. The van der Waals surface area contributed by atoms with Gasteiger partial charge in [0.2, 0.25) is 0 Å². The van der Waals surface area contributed by atoms with Gasteiger partial charge in [-0.2, -0.15) is 0 Å². The Balaban J connectivity index is 1.70. The van der Waals surface area contributed by atoms with E-state index in [2.05, 4.69) is 38.8 Å². The third-order valence-corrected chi connectivity index (χ3v) is 4.72. The maximum absolute atomic E-state index is 4.72. The van der Waals surface area contributed by atoms with Crippen LogP contribution in [0.25, 0.3) is 0 Å². The number of nitrogens with one attached hydrogen (secondary N) is 1. The first-order chi connectivity index (χ1) is 9.78. The topological polar surface area (TPSA) is 58.9 Å². The number of rotatable bonds is 5. The van der Waals surface area contributed by atoms with Gasteiger partial charge in [-0.05, 0) is 19.9 Å². The highest BCUT2D eigenvalue weighted by Gasteiger charge is 2.21. The van der Waals surface area contributed by atoms with Gasteiger partial charge in [-0.3, -0.25) is 0 Å². The fourth-order valence-electron chi connectivity index (χ4n) is 2.32. The zero-order valence-corrected chi connectivity index (χ0v) is 12.8. The number of anilines is 1. The summed E-state index contributed by atoms with van der Waals surface area (Å²) in [6.07, 6.45) is 2.96. The molecule has 0 spiro atoms. The predicted molar refractivity (Wildman–Crippen MR) is 79.9 cm³/mol. The highest BCUT2D eigenvalue weighted by molar-refractivity contribution is 7.15. The third-order valence-electron chi connectivity index (χ3n) is 3.50. The predicted octanol–water partition coefficient (Wildman–Crippen LogP) is 1.56. The van der Waals surface area contributed by atoms with Crippen molar-refractivity contribution in [3.63, 3.8) is 0 Å². The molecule has 0 fully saturated rings. The van der Waals surface area contributed by atoms with Crippen molar-refractivity contribution in [1.82, 2.24) is 25.1 Å². The Morgan fingerprint density at radius 1 is 1.40 bits per heavy atom. The molecule has 1 aliphatic rings. The fourth-order valence-corrected chi connectivity index (χ4v) is 3.38. The van der Waals surface area contributed by atoms with Crippen molar-refractivity contribution in [2.24, 2.45) is 0 Å². The van der Waals surface area contributed by atoms with Crippen LogP contribution in [0, 0.1) is 6.92 Å². The molecule has 0 radical (unpaired) electrons. The van der Waals surface area contributed by atoms with Gasteiger partial charge in [0, 0.05) is 24.5 Å². The van der Waals surface area contributed by atoms with E-state index < -0.39 is 0 Å². The molecule has 0 saturated carbocycles. The summed E-state index contributed by atoms with van der Waals surface area (Å²) >= 11 is 1.79. The molecule has 1 N–H and O–H groups in total. The maximum Gasteiger partial charge on any atom is 0.186 e. The highest BCUT2D eigenvalue weighted by atomic mass is 32.1. The van der Waals surface area contributed by atoms with Gasteiger partial charge in [0.15, 0.2) is 11.0 Å². The van der Waals surface area contributed by atoms with Gasteiger partial charge in [0.05, 0.1) is 12.2 Å². The summed E-state index contributed by atoms with van der Waals surface area (Å²) in [7, 11) is 0. The van der Waals surface area contributed by atoms with Crippen LogP contribution in [0.5, 0.6) is 0 Å². The molecule has 0 amide bonds. The van der Waals surface area contributed by atoms with E-state index in [0.29, 0.717) is 0 Å². The lowest BCUT2D eigenvalue weighted by atomic mass is 10.3. The van der Waals surface area contributed by atoms with E-state index in [0.717, 1.165) is 55.8 Å². The highest BCUT2D eigenvalue weighted by Crippen LogP contribution is 2.28. The SMILES string of the molecule is CCCNCc1sc(N2CCn3cnnc3C2)nc1C. The number of fused-ring (bicyclic) bond motifs is 1. The van der Waals surface area contributed by atoms with E-state index in [-0.39, 0.29) is 0 Å². The van der Waals surface area contributed by atoms with Crippen LogP contribution in [-0.2, 0) is 19.6 Å². The molecule has 2 aromatic heterocycles. The summed E-state index contributed by atoms with van der Waals surface area (Å²) in [6.45, 7) is 8.96. The van der Waals surface area contributed by atoms with E-state index >= 15 is 0 Å². The number of aromatic nitrogens is 4. The molecule has 0 unspecified atom stereocenters. The van der Waals surface area contributed by atoms with E-state index in [4.69, 9.17) is 4.98 Å². The van der Waals surface area contributed by atoms with Crippen LogP contribution in [0.2, 0.25) is 0 Å². The lowest BCUT2D eigenvalue weighted by Gasteiger charge is -2.26. The number of nitrogens with zero attached hydrogens (tertiary/aromatic N) is 5. The second kappa shape index (κ2) is 5.88. The normalized spacial score (nSPS) is 14.6. The summed E-state index contributed by atoms with van der Waals surface area (Å²) < 4.78 is 2.11. The lowest BCUT2D eigenvalue weighted by Crippen LogP contribution is -2.33. The van der Waals surface area contributed by atoms with Crippen molar-refractivity contribution in [2.45, 2.75) is 39.9 Å².